The second kappa shape index (κ2) is 6.34. The quantitative estimate of drug-likeness (QED) is 0.739. The summed E-state index contributed by atoms with van der Waals surface area (Å²) < 4.78 is 5.34. The summed E-state index contributed by atoms with van der Waals surface area (Å²) in [6, 6.07) is -0.500. The molecule has 2 amide bonds. The third-order valence-electron chi connectivity index (χ3n) is 3.28. The van der Waals surface area contributed by atoms with Crippen LogP contribution in [0.1, 0.15) is 27.7 Å². The highest BCUT2D eigenvalue weighted by Gasteiger charge is 2.39. The number of nitrogens with one attached hydrogen (secondary N) is 2. The number of carbonyl (C=O) groups is 2. The number of carbonyl (C=O) groups excluding carboxylic acids is 2. The summed E-state index contributed by atoms with van der Waals surface area (Å²) in [5, 5.41) is 5.81. The van der Waals surface area contributed by atoms with Gasteiger partial charge in [0.1, 0.15) is 6.04 Å². The van der Waals surface area contributed by atoms with Crippen molar-refractivity contribution in [3.8, 4) is 0 Å². The van der Waals surface area contributed by atoms with E-state index in [2.05, 4.69) is 10.6 Å². The lowest BCUT2D eigenvalue weighted by Crippen LogP contribution is -2.62. The first-order valence-electron chi connectivity index (χ1n) is 6.67. The van der Waals surface area contributed by atoms with Crippen LogP contribution in [0.3, 0.4) is 0 Å². The van der Waals surface area contributed by atoms with Crippen LogP contribution in [0.4, 0.5) is 0 Å². The predicted octanol–water partition coefficient (Wildman–Crippen LogP) is -0.264. The third-order valence-corrected chi connectivity index (χ3v) is 3.28. The van der Waals surface area contributed by atoms with Crippen molar-refractivity contribution >= 4 is 11.8 Å². The molecule has 1 aliphatic rings. The van der Waals surface area contributed by atoms with Crippen LogP contribution < -0.4 is 10.6 Å². The minimum Gasteiger partial charge on any atom is -0.377 e. The second-order valence-corrected chi connectivity index (χ2v) is 5.63. The van der Waals surface area contributed by atoms with Crippen molar-refractivity contribution in [3.05, 3.63) is 0 Å². The van der Waals surface area contributed by atoms with Gasteiger partial charge in [-0.2, -0.15) is 0 Å². The normalized spacial score (nSPS) is 20.5. The fourth-order valence-electron chi connectivity index (χ4n) is 1.91. The van der Waals surface area contributed by atoms with E-state index in [1.54, 1.807) is 11.9 Å². The van der Waals surface area contributed by atoms with Gasteiger partial charge in [-0.1, -0.05) is 0 Å². The molecule has 1 unspecified atom stereocenters. The van der Waals surface area contributed by atoms with E-state index >= 15 is 0 Å². The Hall–Kier alpha value is -1.14. The highest BCUT2D eigenvalue weighted by atomic mass is 16.5. The Morgan fingerprint density at radius 3 is 2.53 bits per heavy atom. The van der Waals surface area contributed by atoms with Crippen molar-refractivity contribution in [2.75, 3.05) is 26.8 Å². The molecule has 2 N–H and O–H groups in total. The summed E-state index contributed by atoms with van der Waals surface area (Å²) in [6.45, 7) is 8.57. The Bertz CT molecular complexity index is 342. The van der Waals surface area contributed by atoms with Crippen molar-refractivity contribution in [1.29, 1.82) is 0 Å². The van der Waals surface area contributed by atoms with E-state index in [0.717, 1.165) is 0 Å². The molecule has 0 spiro atoms. The number of nitrogens with zero attached hydrogens (tertiary/aromatic N) is 1. The highest BCUT2D eigenvalue weighted by molar-refractivity contribution is 5.92. The first kappa shape index (κ1) is 15.9. The molecule has 6 heteroatoms. The van der Waals surface area contributed by atoms with Crippen molar-refractivity contribution in [2.24, 2.45) is 0 Å². The summed E-state index contributed by atoms with van der Waals surface area (Å²) in [7, 11) is 1.74. The minimum absolute atomic E-state index is 0.0451. The molecule has 19 heavy (non-hydrogen) atoms. The van der Waals surface area contributed by atoms with E-state index in [4.69, 9.17) is 4.74 Å². The van der Waals surface area contributed by atoms with E-state index in [1.165, 1.54) is 0 Å². The van der Waals surface area contributed by atoms with E-state index < -0.39 is 11.6 Å². The number of hydrogen-bond acceptors (Lipinski definition) is 4. The monoisotopic (exact) mass is 271 g/mol. The van der Waals surface area contributed by atoms with Gasteiger partial charge in [-0.05, 0) is 34.7 Å². The summed E-state index contributed by atoms with van der Waals surface area (Å²) in [6.07, 6.45) is 0. The summed E-state index contributed by atoms with van der Waals surface area (Å²) in [5.74, 6) is -0.239. The van der Waals surface area contributed by atoms with E-state index in [1.807, 2.05) is 27.7 Å². The minimum atomic E-state index is -0.687. The van der Waals surface area contributed by atoms with Gasteiger partial charge in [0.2, 0.25) is 11.8 Å². The number of ether oxygens (including phenoxy) is 1. The van der Waals surface area contributed by atoms with Crippen LogP contribution in [0.15, 0.2) is 0 Å². The van der Waals surface area contributed by atoms with Crippen molar-refractivity contribution < 1.29 is 14.3 Å². The molecule has 0 radical (unpaired) electrons. The Kier molecular flexibility index (Phi) is 5.31. The Labute approximate surface area is 114 Å². The fraction of sp³-hybridized carbons (Fsp3) is 0.846. The molecule has 1 heterocycles. The molecule has 1 rings (SSSR count). The Balaban J connectivity index is 2.83. The van der Waals surface area contributed by atoms with Gasteiger partial charge in [0.05, 0.1) is 18.8 Å². The first-order valence-corrected chi connectivity index (χ1v) is 6.67. The number of likely N-dealkylation sites (N-methyl/N-ethyl adjacent to an activating group) is 1. The van der Waals surface area contributed by atoms with Gasteiger partial charge in [0.15, 0.2) is 0 Å². The number of hydrogen-bond donors (Lipinski definition) is 2. The number of morpholine rings is 1. The Morgan fingerprint density at radius 1 is 1.37 bits per heavy atom. The molecule has 110 valence electrons. The molecule has 1 saturated heterocycles. The molecule has 0 aromatic carbocycles. The highest BCUT2D eigenvalue weighted by Crippen LogP contribution is 2.14. The van der Waals surface area contributed by atoms with Crippen molar-refractivity contribution in [2.45, 2.75) is 45.3 Å². The number of amides is 2. The van der Waals surface area contributed by atoms with E-state index in [9.17, 15) is 9.59 Å². The molecular formula is C13H25N3O3. The molecule has 1 fully saturated rings. The average molecular weight is 271 g/mol. The lowest BCUT2D eigenvalue weighted by Gasteiger charge is -2.39. The van der Waals surface area contributed by atoms with Gasteiger partial charge in [0, 0.05) is 12.6 Å². The zero-order valence-corrected chi connectivity index (χ0v) is 12.4. The lowest BCUT2D eigenvalue weighted by molar-refractivity contribution is -0.152. The van der Waals surface area contributed by atoms with Gasteiger partial charge in [-0.15, -0.1) is 0 Å². The fourth-order valence-corrected chi connectivity index (χ4v) is 1.91. The summed E-state index contributed by atoms with van der Waals surface area (Å²) >= 11 is 0. The molecule has 0 bridgehead atoms. The van der Waals surface area contributed by atoms with Gasteiger partial charge < -0.3 is 20.3 Å². The maximum atomic E-state index is 12.5. The molecule has 0 aromatic rings. The summed E-state index contributed by atoms with van der Waals surface area (Å²) in [4.78, 5) is 26.2. The molecule has 6 nitrogen and oxygen atoms in total. The smallest absolute Gasteiger partial charge is 0.245 e. The summed E-state index contributed by atoms with van der Waals surface area (Å²) in [5.41, 5.74) is -0.687. The SMILES string of the molecule is CNC(C)(C)C(=O)N1CCOCC1C(=O)NC(C)C. The van der Waals surface area contributed by atoms with Gasteiger partial charge in [-0.25, -0.2) is 0 Å². The topological polar surface area (TPSA) is 70.7 Å². The maximum Gasteiger partial charge on any atom is 0.245 e. The van der Waals surface area contributed by atoms with Crippen LogP contribution in [0.2, 0.25) is 0 Å². The maximum absolute atomic E-state index is 12.5. The molecular weight excluding hydrogens is 246 g/mol. The average Bonchev–Trinajstić information content (AvgIpc) is 2.37. The third kappa shape index (κ3) is 3.91. The zero-order chi connectivity index (χ0) is 14.6. The van der Waals surface area contributed by atoms with E-state index in [0.29, 0.717) is 13.2 Å². The Morgan fingerprint density at radius 2 is 2.00 bits per heavy atom. The standard InChI is InChI=1S/C13H25N3O3/c1-9(2)15-11(17)10-8-19-7-6-16(10)12(18)13(3,4)14-5/h9-10,14H,6-8H2,1-5H3,(H,15,17). The van der Waals surface area contributed by atoms with Gasteiger partial charge in [-0.3, -0.25) is 9.59 Å². The van der Waals surface area contributed by atoms with Crippen LogP contribution in [0, 0.1) is 0 Å². The molecule has 0 aromatic heterocycles. The van der Waals surface area contributed by atoms with Crippen LogP contribution in [-0.4, -0.2) is 61.1 Å². The predicted molar refractivity (Wildman–Crippen MR) is 72.7 cm³/mol. The van der Waals surface area contributed by atoms with Crippen LogP contribution in [-0.2, 0) is 14.3 Å². The largest absolute Gasteiger partial charge is 0.377 e. The molecule has 0 aliphatic carbocycles. The molecule has 1 atom stereocenters. The molecule has 1 aliphatic heterocycles. The van der Waals surface area contributed by atoms with Crippen LogP contribution >= 0.6 is 0 Å². The lowest BCUT2D eigenvalue weighted by atomic mass is 10.0. The first-order chi connectivity index (χ1) is 8.79. The van der Waals surface area contributed by atoms with Crippen LogP contribution in [0.5, 0.6) is 0 Å². The molecule has 0 saturated carbocycles. The van der Waals surface area contributed by atoms with Gasteiger partial charge in [0.25, 0.3) is 0 Å². The van der Waals surface area contributed by atoms with Crippen molar-refractivity contribution in [3.63, 3.8) is 0 Å². The zero-order valence-electron chi connectivity index (χ0n) is 12.4. The second-order valence-electron chi connectivity index (χ2n) is 5.63. The van der Waals surface area contributed by atoms with Crippen molar-refractivity contribution in [1.82, 2.24) is 15.5 Å². The van der Waals surface area contributed by atoms with Crippen LogP contribution in [0.25, 0.3) is 0 Å². The van der Waals surface area contributed by atoms with E-state index in [-0.39, 0.29) is 24.5 Å². The van der Waals surface area contributed by atoms with Gasteiger partial charge >= 0.3 is 0 Å². The number of rotatable bonds is 4.